The predicted molar refractivity (Wildman–Crippen MR) is 54.3 cm³/mol. The van der Waals surface area contributed by atoms with Gasteiger partial charge in [-0.15, -0.1) is 0 Å². The Morgan fingerprint density at radius 3 is 2.44 bits per heavy atom. The molecule has 0 aromatic carbocycles. The lowest BCUT2D eigenvalue weighted by atomic mass is 10.3. The molecule has 1 heterocycles. The lowest BCUT2D eigenvalue weighted by Gasteiger charge is -2.13. The van der Waals surface area contributed by atoms with Gasteiger partial charge in [0.2, 0.25) is 5.95 Å². The van der Waals surface area contributed by atoms with Gasteiger partial charge in [-0.3, -0.25) is 4.79 Å². The average Bonchev–Trinajstić information content (AvgIpc) is 2.27. The van der Waals surface area contributed by atoms with Crippen LogP contribution in [0.15, 0.2) is 12.4 Å². The van der Waals surface area contributed by atoms with Crippen LogP contribution in [-0.4, -0.2) is 47.7 Å². The van der Waals surface area contributed by atoms with Gasteiger partial charge in [0.25, 0.3) is 0 Å². The number of hydrogen-bond acceptors (Lipinski definition) is 6. The molecular weight excluding hydrogens is 214 g/mol. The summed E-state index contributed by atoms with van der Waals surface area (Å²) < 4.78 is 4.47. The molecule has 1 N–H and O–H groups in total. The number of carbonyl (C=O) groups excluding carboxylic acids is 1. The lowest BCUT2D eigenvalue weighted by molar-refractivity contribution is -0.135. The van der Waals surface area contributed by atoms with Crippen LogP contribution in [0.2, 0.25) is 0 Å². The molecule has 0 saturated carbocycles. The van der Waals surface area contributed by atoms with Gasteiger partial charge >= 0.3 is 11.9 Å². The van der Waals surface area contributed by atoms with Gasteiger partial charge in [-0.1, -0.05) is 0 Å². The second kappa shape index (κ2) is 5.06. The maximum absolute atomic E-state index is 11.1. The minimum atomic E-state index is -0.983. The van der Waals surface area contributed by atoms with E-state index in [1.165, 1.54) is 24.4 Å². The van der Waals surface area contributed by atoms with E-state index >= 15 is 0 Å². The quantitative estimate of drug-likeness (QED) is 0.708. The maximum Gasteiger partial charge on any atom is 0.341 e. The summed E-state index contributed by atoms with van der Waals surface area (Å²) in [6.07, 6.45) is 2.57. The summed E-state index contributed by atoms with van der Waals surface area (Å²) >= 11 is 0. The summed E-state index contributed by atoms with van der Waals surface area (Å²) in [5.74, 6) is -1.29. The fourth-order valence-electron chi connectivity index (χ4n) is 1.02. The summed E-state index contributed by atoms with van der Waals surface area (Å²) in [6.45, 7) is -0.211. The average molecular weight is 225 g/mol. The number of carboxylic acid groups (broad SMARTS) is 1. The van der Waals surface area contributed by atoms with E-state index in [0.29, 0.717) is 0 Å². The molecule has 0 aliphatic heterocycles. The van der Waals surface area contributed by atoms with Crippen LogP contribution in [0.1, 0.15) is 10.4 Å². The molecule has 0 bridgehead atoms. The van der Waals surface area contributed by atoms with Gasteiger partial charge in [0.1, 0.15) is 6.54 Å². The number of rotatable bonds is 4. The fourth-order valence-corrected chi connectivity index (χ4v) is 1.02. The van der Waals surface area contributed by atoms with Crippen molar-refractivity contribution < 1.29 is 19.4 Å². The van der Waals surface area contributed by atoms with Crippen LogP contribution in [0.5, 0.6) is 0 Å². The molecule has 0 radical (unpaired) electrons. The van der Waals surface area contributed by atoms with E-state index < -0.39 is 11.9 Å². The second-order valence-corrected chi connectivity index (χ2v) is 3.01. The molecule has 16 heavy (non-hydrogen) atoms. The molecule has 86 valence electrons. The Morgan fingerprint density at radius 2 is 2.00 bits per heavy atom. The molecule has 0 atom stereocenters. The van der Waals surface area contributed by atoms with Crippen molar-refractivity contribution in [1.29, 1.82) is 0 Å². The summed E-state index contributed by atoms with van der Waals surface area (Å²) in [5.41, 5.74) is 0.218. The molecule has 7 nitrogen and oxygen atoms in total. The third-order valence-corrected chi connectivity index (χ3v) is 1.77. The van der Waals surface area contributed by atoms with E-state index in [-0.39, 0.29) is 18.1 Å². The SMILES string of the molecule is COC(=O)c1cnc(N(C)CC(=O)O)nc1. The topological polar surface area (TPSA) is 92.6 Å². The number of methoxy groups -OCH3 is 1. The minimum absolute atomic E-state index is 0.211. The first-order valence-corrected chi connectivity index (χ1v) is 4.38. The number of aliphatic carboxylic acids is 1. The van der Waals surface area contributed by atoms with Crippen LogP contribution in [0.4, 0.5) is 5.95 Å². The monoisotopic (exact) mass is 225 g/mol. The first-order valence-electron chi connectivity index (χ1n) is 4.38. The number of carboxylic acids is 1. The molecule has 0 fully saturated rings. The summed E-state index contributed by atoms with van der Waals surface area (Å²) in [7, 11) is 2.80. The van der Waals surface area contributed by atoms with Crippen molar-refractivity contribution in [3.63, 3.8) is 0 Å². The first-order chi connectivity index (χ1) is 7.54. The largest absolute Gasteiger partial charge is 0.480 e. The van der Waals surface area contributed by atoms with Crippen molar-refractivity contribution in [2.45, 2.75) is 0 Å². The predicted octanol–water partition coefficient (Wildman–Crippen LogP) is -0.216. The third-order valence-electron chi connectivity index (χ3n) is 1.77. The fraction of sp³-hybridized carbons (Fsp3) is 0.333. The van der Waals surface area contributed by atoms with Crippen molar-refractivity contribution in [2.75, 3.05) is 25.6 Å². The van der Waals surface area contributed by atoms with E-state index in [1.807, 2.05) is 0 Å². The standard InChI is InChI=1S/C9H11N3O4/c1-12(5-7(13)14)9-10-3-6(4-11-9)8(15)16-2/h3-4H,5H2,1-2H3,(H,13,14). The number of ether oxygens (including phenoxy) is 1. The van der Waals surface area contributed by atoms with Gasteiger partial charge in [0, 0.05) is 19.4 Å². The highest BCUT2D eigenvalue weighted by atomic mass is 16.5. The number of hydrogen-bond donors (Lipinski definition) is 1. The molecule has 1 rings (SSSR count). The van der Waals surface area contributed by atoms with Crippen LogP contribution in [0, 0.1) is 0 Å². The number of likely N-dealkylation sites (N-methyl/N-ethyl adjacent to an activating group) is 1. The number of aromatic nitrogens is 2. The molecule has 7 heteroatoms. The normalized spacial score (nSPS) is 9.62. The third kappa shape index (κ3) is 2.91. The molecule has 0 saturated heterocycles. The van der Waals surface area contributed by atoms with Crippen molar-refractivity contribution in [3.8, 4) is 0 Å². The Morgan fingerprint density at radius 1 is 1.44 bits per heavy atom. The van der Waals surface area contributed by atoms with E-state index in [2.05, 4.69) is 14.7 Å². The molecule has 1 aromatic heterocycles. The van der Waals surface area contributed by atoms with Gasteiger partial charge in [-0.25, -0.2) is 14.8 Å². The summed E-state index contributed by atoms with van der Waals surface area (Å²) in [6, 6.07) is 0. The van der Waals surface area contributed by atoms with Crippen LogP contribution in [0.3, 0.4) is 0 Å². The van der Waals surface area contributed by atoms with E-state index in [0.717, 1.165) is 0 Å². The smallest absolute Gasteiger partial charge is 0.341 e. The zero-order valence-corrected chi connectivity index (χ0v) is 8.88. The van der Waals surface area contributed by atoms with Crippen LogP contribution < -0.4 is 4.90 Å². The Labute approximate surface area is 91.7 Å². The van der Waals surface area contributed by atoms with Crippen LogP contribution in [-0.2, 0) is 9.53 Å². The zero-order chi connectivity index (χ0) is 12.1. The molecular formula is C9H11N3O4. The van der Waals surface area contributed by atoms with E-state index in [9.17, 15) is 9.59 Å². The molecule has 0 unspecified atom stereocenters. The number of anilines is 1. The van der Waals surface area contributed by atoms with Crippen LogP contribution >= 0.6 is 0 Å². The molecule has 0 aliphatic rings. The van der Waals surface area contributed by atoms with Gasteiger partial charge in [0.05, 0.1) is 12.7 Å². The Bertz CT molecular complexity index is 390. The minimum Gasteiger partial charge on any atom is -0.480 e. The number of esters is 1. The van der Waals surface area contributed by atoms with Gasteiger partial charge in [0.15, 0.2) is 0 Å². The highest BCUT2D eigenvalue weighted by Crippen LogP contribution is 2.05. The Kier molecular flexibility index (Phi) is 3.76. The summed E-state index contributed by atoms with van der Waals surface area (Å²) in [4.78, 5) is 30.5. The molecule has 0 aliphatic carbocycles. The highest BCUT2D eigenvalue weighted by molar-refractivity contribution is 5.88. The van der Waals surface area contributed by atoms with Gasteiger partial charge < -0.3 is 14.7 Å². The lowest BCUT2D eigenvalue weighted by Crippen LogP contribution is -2.26. The number of nitrogens with zero attached hydrogens (tertiary/aromatic N) is 3. The van der Waals surface area contributed by atoms with Crippen molar-refractivity contribution in [1.82, 2.24) is 9.97 Å². The van der Waals surface area contributed by atoms with E-state index in [4.69, 9.17) is 5.11 Å². The highest BCUT2D eigenvalue weighted by Gasteiger charge is 2.10. The van der Waals surface area contributed by atoms with Gasteiger partial charge in [-0.05, 0) is 0 Å². The van der Waals surface area contributed by atoms with Crippen molar-refractivity contribution >= 4 is 17.9 Å². The maximum atomic E-state index is 11.1. The van der Waals surface area contributed by atoms with Crippen LogP contribution in [0.25, 0.3) is 0 Å². The first kappa shape index (κ1) is 11.9. The second-order valence-electron chi connectivity index (χ2n) is 3.01. The zero-order valence-electron chi connectivity index (χ0n) is 8.88. The Hall–Kier alpha value is -2.18. The molecule has 0 amide bonds. The van der Waals surface area contributed by atoms with E-state index in [1.54, 1.807) is 7.05 Å². The summed E-state index contributed by atoms with van der Waals surface area (Å²) in [5, 5.41) is 8.55. The Balaban J connectivity index is 2.78. The molecule has 0 spiro atoms. The van der Waals surface area contributed by atoms with Crippen molar-refractivity contribution in [2.24, 2.45) is 0 Å². The van der Waals surface area contributed by atoms with Gasteiger partial charge in [-0.2, -0.15) is 0 Å². The van der Waals surface area contributed by atoms with Crippen molar-refractivity contribution in [3.05, 3.63) is 18.0 Å². The molecule has 1 aromatic rings. The number of carbonyl (C=O) groups is 2.